The number of nitrogen functional groups attached to an aromatic ring is 1. The Labute approximate surface area is 102 Å². The molecule has 0 radical (unpaired) electrons. The van der Waals surface area contributed by atoms with Crippen LogP contribution in [-0.4, -0.2) is 9.78 Å². The Balaban J connectivity index is 2.13. The summed E-state index contributed by atoms with van der Waals surface area (Å²) < 4.78 is 1.88. The normalized spacial score (nSPS) is 11.1. The van der Waals surface area contributed by atoms with Gasteiger partial charge in [0.25, 0.3) is 0 Å². The second-order valence-corrected chi connectivity index (χ2v) is 4.79. The lowest BCUT2D eigenvalue weighted by molar-refractivity contribution is 0.689. The Bertz CT molecular complexity index is 475. The molecule has 2 N–H and O–H groups in total. The van der Waals surface area contributed by atoms with Crippen LogP contribution in [0.1, 0.15) is 36.5 Å². The van der Waals surface area contributed by atoms with Crippen molar-refractivity contribution in [2.75, 3.05) is 5.73 Å². The van der Waals surface area contributed by atoms with Crippen molar-refractivity contribution in [2.24, 2.45) is 0 Å². The lowest BCUT2D eigenvalue weighted by Crippen LogP contribution is -2.01. The molecule has 0 saturated carbocycles. The number of rotatable bonds is 3. The number of hydrogen-bond acceptors (Lipinski definition) is 2. The second-order valence-electron chi connectivity index (χ2n) is 4.79. The predicted octanol–water partition coefficient (Wildman–Crippen LogP) is 2.95. The zero-order valence-corrected chi connectivity index (χ0v) is 10.6. The van der Waals surface area contributed by atoms with E-state index in [4.69, 9.17) is 5.73 Å². The quantitative estimate of drug-likeness (QED) is 0.879. The highest BCUT2D eigenvalue weighted by Crippen LogP contribution is 2.15. The minimum absolute atomic E-state index is 0.576. The van der Waals surface area contributed by atoms with Gasteiger partial charge in [0.05, 0.1) is 6.54 Å². The van der Waals surface area contributed by atoms with Crippen molar-refractivity contribution in [3.63, 3.8) is 0 Å². The first-order chi connectivity index (χ1) is 8.06. The monoisotopic (exact) mass is 229 g/mol. The van der Waals surface area contributed by atoms with Crippen LogP contribution in [0.4, 0.5) is 5.82 Å². The molecule has 90 valence electrons. The molecule has 3 heteroatoms. The van der Waals surface area contributed by atoms with Gasteiger partial charge in [0.1, 0.15) is 5.82 Å². The lowest BCUT2D eigenvalue weighted by atomic mass is 10.0. The van der Waals surface area contributed by atoms with Gasteiger partial charge in [-0.25, -0.2) is 0 Å². The molecule has 0 aliphatic rings. The van der Waals surface area contributed by atoms with Gasteiger partial charge in [0.2, 0.25) is 0 Å². The first-order valence-corrected chi connectivity index (χ1v) is 5.94. The maximum absolute atomic E-state index is 5.73. The van der Waals surface area contributed by atoms with Gasteiger partial charge in [-0.3, -0.25) is 4.68 Å². The standard InChI is InChI=1S/C14H19N3/c1-10(2)13-6-4-12(5-7-13)9-17-8-11(3)14(15)16-17/h4-8,10H,9H2,1-3H3,(H2,15,16). The summed E-state index contributed by atoms with van der Waals surface area (Å²) in [5, 5.41) is 4.26. The second kappa shape index (κ2) is 4.62. The average Bonchev–Trinajstić information content (AvgIpc) is 2.58. The smallest absolute Gasteiger partial charge is 0.148 e. The Hall–Kier alpha value is -1.77. The molecule has 0 saturated heterocycles. The average molecular weight is 229 g/mol. The van der Waals surface area contributed by atoms with Crippen LogP contribution in [0.25, 0.3) is 0 Å². The van der Waals surface area contributed by atoms with Gasteiger partial charge in [-0.1, -0.05) is 38.1 Å². The van der Waals surface area contributed by atoms with Crippen LogP contribution in [0, 0.1) is 6.92 Å². The van der Waals surface area contributed by atoms with E-state index >= 15 is 0 Å². The van der Waals surface area contributed by atoms with Gasteiger partial charge in [-0.2, -0.15) is 5.10 Å². The Kier molecular flexibility index (Phi) is 3.18. The first kappa shape index (κ1) is 11.7. The number of benzene rings is 1. The van der Waals surface area contributed by atoms with Crippen LogP contribution in [0.5, 0.6) is 0 Å². The van der Waals surface area contributed by atoms with Crippen molar-refractivity contribution < 1.29 is 0 Å². The number of hydrogen-bond donors (Lipinski definition) is 1. The van der Waals surface area contributed by atoms with E-state index in [9.17, 15) is 0 Å². The summed E-state index contributed by atoms with van der Waals surface area (Å²) >= 11 is 0. The molecular weight excluding hydrogens is 210 g/mol. The SMILES string of the molecule is Cc1cn(Cc2ccc(C(C)C)cc2)nc1N. The number of nitrogens with two attached hydrogens (primary N) is 1. The molecule has 1 aromatic carbocycles. The molecule has 0 fully saturated rings. The molecule has 0 unspecified atom stereocenters. The molecule has 2 aromatic rings. The number of anilines is 1. The molecule has 1 heterocycles. The van der Waals surface area contributed by atoms with E-state index in [2.05, 4.69) is 43.2 Å². The molecule has 3 nitrogen and oxygen atoms in total. The number of aromatic nitrogens is 2. The van der Waals surface area contributed by atoms with E-state index in [1.54, 1.807) is 0 Å². The summed E-state index contributed by atoms with van der Waals surface area (Å²) in [5.74, 6) is 1.19. The van der Waals surface area contributed by atoms with Crippen molar-refractivity contribution in [2.45, 2.75) is 33.2 Å². The van der Waals surface area contributed by atoms with E-state index < -0.39 is 0 Å². The van der Waals surface area contributed by atoms with Gasteiger partial charge in [0, 0.05) is 11.8 Å². The summed E-state index contributed by atoms with van der Waals surface area (Å²) in [6, 6.07) is 8.67. The third-order valence-electron chi connectivity index (χ3n) is 2.97. The molecule has 17 heavy (non-hydrogen) atoms. The highest BCUT2D eigenvalue weighted by atomic mass is 15.3. The Morgan fingerprint density at radius 1 is 1.24 bits per heavy atom. The Morgan fingerprint density at radius 2 is 1.88 bits per heavy atom. The summed E-state index contributed by atoms with van der Waals surface area (Å²) in [5.41, 5.74) is 9.37. The topological polar surface area (TPSA) is 43.8 Å². The summed E-state index contributed by atoms with van der Waals surface area (Å²) in [6.45, 7) is 7.15. The first-order valence-electron chi connectivity index (χ1n) is 5.94. The minimum Gasteiger partial charge on any atom is -0.382 e. The highest BCUT2D eigenvalue weighted by Gasteiger charge is 2.02. The summed E-state index contributed by atoms with van der Waals surface area (Å²) in [6.07, 6.45) is 1.98. The highest BCUT2D eigenvalue weighted by molar-refractivity contribution is 5.36. The van der Waals surface area contributed by atoms with E-state index in [1.165, 1.54) is 11.1 Å². The van der Waals surface area contributed by atoms with E-state index in [0.717, 1.165) is 12.1 Å². The van der Waals surface area contributed by atoms with Crippen LogP contribution in [0.2, 0.25) is 0 Å². The largest absolute Gasteiger partial charge is 0.382 e. The summed E-state index contributed by atoms with van der Waals surface area (Å²) in [7, 11) is 0. The molecule has 0 aliphatic carbocycles. The lowest BCUT2D eigenvalue weighted by Gasteiger charge is -2.07. The molecule has 0 amide bonds. The van der Waals surface area contributed by atoms with E-state index in [1.807, 2.05) is 17.8 Å². The fraction of sp³-hybridized carbons (Fsp3) is 0.357. The van der Waals surface area contributed by atoms with Crippen LogP contribution < -0.4 is 5.73 Å². The van der Waals surface area contributed by atoms with Gasteiger partial charge in [-0.05, 0) is 24.0 Å². The number of aryl methyl sites for hydroxylation is 1. The molecule has 0 bridgehead atoms. The third-order valence-corrected chi connectivity index (χ3v) is 2.97. The van der Waals surface area contributed by atoms with Crippen molar-refractivity contribution in [1.29, 1.82) is 0 Å². The van der Waals surface area contributed by atoms with E-state index in [-0.39, 0.29) is 0 Å². The number of nitrogens with zero attached hydrogens (tertiary/aromatic N) is 2. The Morgan fingerprint density at radius 3 is 2.35 bits per heavy atom. The van der Waals surface area contributed by atoms with E-state index in [0.29, 0.717) is 11.7 Å². The van der Waals surface area contributed by atoms with Gasteiger partial charge in [0.15, 0.2) is 0 Å². The summed E-state index contributed by atoms with van der Waals surface area (Å²) in [4.78, 5) is 0. The van der Waals surface area contributed by atoms with Crippen LogP contribution in [0.15, 0.2) is 30.5 Å². The molecule has 0 atom stereocenters. The van der Waals surface area contributed by atoms with Crippen molar-refractivity contribution in [3.05, 3.63) is 47.2 Å². The maximum Gasteiger partial charge on any atom is 0.148 e. The fourth-order valence-corrected chi connectivity index (χ4v) is 1.81. The fourth-order valence-electron chi connectivity index (χ4n) is 1.81. The van der Waals surface area contributed by atoms with Gasteiger partial charge in [-0.15, -0.1) is 0 Å². The molecule has 0 aliphatic heterocycles. The molecule has 1 aromatic heterocycles. The third kappa shape index (κ3) is 2.67. The van der Waals surface area contributed by atoms with Crippen molar-refractivity contribution >= 4 is 5.82 Å². The van der Waals surface area contributed by atoms with Crippen LogP contribution in [-0.2, 0) is 6.54 Å². The molecule has 2 rings (SSSR count). The zero-order valence-electron chi connectivity index (χ0n) is 10.6. The maximum atomic E-state index is 5.73. The minimum atomic E-state index is 0.576. The van der Waals surface area contributed by atoms with Gasteiger partial charge >= 0.3 is 0 Å². The van der Waals surface area contributed by atoms with Crippen LogP contribution >= 0.6 is 0 Å². The predicted molar refractivity (Wildman–Crippen MR) is 71.0 cm³/mol. The van der Waals surface area contributed by atoms with Crippen molar-refractivity contribution in [1.82, 2.24) is 9.78 Å². The zero-order chi connectivity index (χ0) is 12.4. The van der Waals surface area contributed by atoms with Gasteiger partial charge < -0.3 is 5.73 Å². The molecular formula is C14H19N3. The molecule has 0 spiro atoms. The van der Waals surface area contributed by atoms with Crippen molar-refractivity contribution in [3.8, 4) is 0 Å². The van der Waals surface area contributed by atoms with Crippen LogP contribution in [0.3, 0.4) is 0 Å².